The number of aromatic nitrogens is 3. The van der Waals surface area contributed by atoms with Crippen molar-refractivity contribution >= 4 is 5.97 Å². The molecule has 3 aromatic carbocycles. The van der Waals surface area contributed by atoms with Crippen LogP contribution in [0.5, 0.6) is 11.5 Å². The van der Waals surface area contributed by atoms with Gasteiger partial charge in [-0.2, -0.15) is 0 Å². The minimum atomic E-state index is -0.427. The molecule has 1 heterocycles. The lowest BCUT2D eigenvalue weighted by Crippen LogP contribution is -2.12. The topological polar surface area (TPSA) is 75.5 Å². The third-order valence-corrected chi connectivity index (χ3v) is 5.66. The van der Waals surface area contributed by atoms with E-state index < -0.39 is 5.97 Å². The Labute approximate surface area is 198 Å². The molecule has 0 aliphatic heterocycles. The van der Waals surface area contributed by atoms with Crippen molar-refractivity contribution in [3.8, 4) is 22.9 Å². The van der Waals surface area contributed by atoms with Crippen LogP contribution in [0, 0.1) is 0 Å². The first-order valence-corrected chi connectivity index (χ1v) is 11.0. The van der Waals surface area contributed by atoms with E-state index in [9.17, 15) is 4.79 Å². The van der Waals surface area contributed by atoms with E-state index in [0.717, 1.165) is 34.1 Å². The Balaban J connectivity index is 1.67. The zero-order valence-electron chi connectivity index (χ0n) is 19.5. The van der Waals surface area contributed by atoms with Gasteiger partial charge >= 0.3 is 5.97 Å². The van der Waals surface area contributed by atoms with E-state index in [2.05, 4.69) is 50.7 Å². The Morgan fingerprint density at radius 3 is 2.21 bits per heavy atom. The second kappa shape index (κ2) is 10.7. The normalized spacial score (nSPS) is 11.6. The molecule has 1 aromatic heterocycles. The average molecular weight is 458 g/mol. The molecule has 0 saturated heterocycles. The molecule has 0 aliphatic rings. The number of hydrogen-bond acceptors (Lipinski definition) is 6. The lowest BCUT2D eigenvalue weighted by molar-refractivity contribution is -0.142. The fraction of sp³-hybridized carbons (Fsp3) is 0.222. The highest BCUT2D eigenvalue weighted by atomic mass is 16.6. The first kappa shape index (κ1) is 23.0. The van der Waals surface area contributed by atoms with Gasteiger partial charge in [0.15, 0.2) is 12.4 Å². The van der Waals surface area contributed by atoms with E-state index in [4.69, 9.17) is 9.47 Å². The fourth-order valence-electron chi connectivity index (χ4n) is 3.71. The number of methoxy groups -OCH3 is 2. The van der Waals surface area contributed by atoms with Crippen LogP contribution in [-0.2, 0) is 16.1 Å². The van der Waals surface area contributed by atoms with Crippen molar-refractivity contribution in [3.05, 3.63) is 95.8 Å². The third-order valence-electron chi connectivity index (χ3n) is 5.66. The molecule has 0 aliphatic carbocycles. The summed E-state index contributed by atoms with van der Waals surface area (Å²) in [7, 11) is 2.99. The van der Waals surface area contributed by atoms with Crippen LogP contribution in [0.1, 0.15) is 29.8 Å². The zero-order chi connectivity index (χ0) is 23.9. The number of carbonyl (C=O) groups is 1. The number of hydrogen-bond donors (Lipinski definition) is 0. The molecular formula is C27H27N3O4. The molecule has 7 nitrogen and oxygen atoms in total. The summed E-state index contributed by atoms with van der Waals surface area (Å²) in [5.41, 5.74) is 3.19. The van der Waals surface area contributed by atoms with Gasteiger partial charge in [-0.25, -0.2) is 4.79 Å². The third kappa shape index (κ3) is 5.26. The Kier molecular flexibility index (Phi) is 7.22. The van der Waals surface area contributed by atoms with Gasteiger partial charge in [-0.3, -0.25) is 0 Å². The molecule has 0 amide bonds. The minimum absolute atomic E-state index is 0.0264. The Bertz CT molecular complexity index is 1220. The van der Waals surface area contributed by atoms with Gasteiger partial charge in [0.1, 0.15) is 17.3 Å². The largest absolute Gasteiger partial charge is 0.497 e. The smallest absolute Gasteiger partial charge is 0.343 e. The fourth-order valence-corrected chi connectivity index (χ4v) is 3.71. The van der Waals surface area contributed by atoms with Crippen molar-refractivity contribution in [2.45, 2.75) is 19.4 Å². The Morgan fingerprint density at radius 1 is 0.882 bits per heavy atom. The summed E-state index contributed by atoms with van der Waals surface area (Å²) in [6.07, 6.45) is 0. The van der Waals surface area contributed by atoms with Crippen molar-refractivity contribution in [2.75, 3.05) is 20.8 Å². The van der Waals surface area contributed by atoms with Gasteiger partial charge in [0.2, 0.25) is 0 Å². The maximum absolute atomic E-state index is 11.3. The molecule has 0 bridgehead atoms. The Hall–Kier alpha value is -4.13. The van der Waals surface area contributed by atoms with Crippen molar-refractivity contribution in [1.82, 2.24) is 14.8 Å². The summed E-state index contributed by atoms with van der Waals surface area (Å²) >= 11 is 0. The van der Waals surface area contributed by atoms with Crippen molar-refractivity contribution in [1.29, 1.82) is 0 Å². The number of ether oxygens (including phenoxy) is 3. The van der Waals surface area contributed by atoms with Crippen LogP contribution in [0.15, 0.2) is 78.9 Å². The maximum atomic E-state index is 11.3. The van der Waals surface area contributed by atoms with Gasteiger partial charge in [-0.05, 0) is 47.5 Å². The van der Waals surface area contributed by atoms with Crippen LogP contribution in [0.3, 0.4) is 0 Å². The molecule has 0 N–H and O–H groups in total. The van der Waals surface area contributed by atoms with Crippen LogP contribution in [-0.4, -0.2) is 41.6 Å². The van der Waals surface area contributed by atoms with Gasteiger partial charge in [0, 0.05) is 11.5 Å². The molecule has 0 fully saturated rings. The van der Waals surface area contributed by atoms with Gasteiger partial charge in [-0.15, -0.1) is 10.2 Å². The highest BCUT2D eigenvalue weighted by molar-refractivity contribution is 5.71. The molecule has 0 radical (unpaired) electrons. The summed E-state index contributed by atoms with van der Waals surface area (Å²) in [5, 5.41) is 9.14. The van der Waals surface area contributed by atoms with Crippen LogP contribution in [0.2, 0.25) is 0 Å². The molecule has 4 aromatic rings. The molecule has 0 saturated carbocycles. The van der Waals surface area contributed by atoms with Gasteiger partial charge in [0.25, 0.3) is 0 Å². The molecule has 174 valence electrons. The van der Waals surface area contributed by atoms with Crippen molar-refractivity contribution in [2.24, 2.45) is 0 Å². The van der Waals surface area contributed by atoms with Gasteiger partial charge in [-0.1, -0.05) is 49.4 Å². The monoisotopic (exact) mass is 457 g/mol. The lowest BCUT2D eigenvalue weighted by atomic mass is 10.00. The van der Waals surface area contributed by atoms with Crippen molar-refractivity contribution < 1.29 is 19.0 Å². The SMILES string of the molecule is COC(=O)COc1ccc(-c2nnc(C(C)c3ccc(OC)cc3)n2Cc2ccccc2)cc1. The van der Waals surface area contributed by atoms with E-state index in [-0.39, 0.29) is 12.5 Å². The van der Waals surface area contributed by atoms with E-state index in [1.54, 1.807) is 7.11 Å². The lowest BCUT2D eigenvalue weighted by Gasteiger charge is -2.16. The van der Waals surface area contributed by atoms with Crippen molar-refractivity contribution in [3.63, 3.8) is 0 Å². The van der Waals surface area contributed by atoms with Gasteiger partial charge < -0.3 is 18.8 Å². The summed E-state index contributed by atoms with van der Waals surface area (Å²) in [6.45, 7) is 2.63. The van der Waals surface area contributed by atoms with E-state index in [0.29, 0.717) is 12.3 Å². The van der Waals surface area contributed by atoms with Gasteiger partial charge in [0.05, 0.1) is 20.8 Å². The summed E-state index contributed by atoms with van der Waals surface area (Å²) in [5.74, 6) is 2.63. The molecule has 7 heteroatoms. The standard InChI is InChI=1S/C27H27N3O4/c1-19(21-9-13-23(32-2)14-10-21)26-28-29-27(30(26)17-20-7-5-4-6-8-20)22-11-15-24(16-12-22)34-18-25(31)33-3/h4-16,19H,17-18H2,1-3H3. The van der Waals surface area contributed by atoms with Crippen LogP contribution < -0.4 is 9.47 Å². The summed E-state index contributed by atoms with van der Waals surface area (Å²) < 4.78 is 17.5. The van der Waals surface area contributed by atoms with E-state index in [1.807, 2.05) is 54.6 Å². The molecule has 1 atom stereocenters. The predicted molar refractivity (Wildman–Crippen MR) is 129 cm³/mol. The zero-order valence-corrected chi connectivity index (χ0v) is 19.5. The predicted octanol–water partition coefficient (Wildman–Crippen LogP) is 4.71. The quantitative estimate of drug-likeness (QED) is 0.339. The van der Waals surface area contributed by atoms with E-state index >= 15 is 0 Å². The summed E-state index contributed by atoms with van der Waals surface area (Å²) in [6, 6.07) is 25.7. The highest BCUT2D eigenvalue weighted by Gasteiger charge is 2.21. The molecule has 0 spiro atoms. The minimum Gasteiger partial charge on any atom is -0.497 e. The van der Waals surface area contributed by atoms with Crippen LogP contribution in [0.25, 0.3) is 11.4 Å². The van der Waals surface area contributed by atoms with Crippen LogP contribution >= 0.6 is 0 Å². The summed E-state index contributed by atoms with van der Waals surface area (Å²) in [4.78, 5) is 11.3. The molecule has 34 heavy (non-hydrogen) atoms. The number of esters is 1. The second-order valence-corrected chi connectivity index (χ2v) is 7.84. The number of rotatable bonds is 9. The van der Waals surface area contributed by atoms with Crippen LogP contribution in [0.4, 0.5) is 0 Å². The number of nitrogens with zero attached hydrogens (tertiary/aromatic N) is 3. The second-order valence-electron chi connectivity index (χ2n) is 7.84. The molecule has 1 unspecified atom stereocenters. The van der Waals surface area contributed by atoms with E-state index in [1.165, 1.54) is 7.11 Å². The Morgan fingerprint density at radius 2 is 1.56 bits per heavy atom. The first-order chi connectivity index (χ1) is 16.6. The first-order valence-electron chi connectivity index (χ1n) is 11.0. The number of carbonyl (C=O) groups excluding carboxylic acids is 1. The average Bonchev–Trinajstić information content (AvgIpc) is 3.31. The molecule has 4 rings (SSSR count). The highest BCUT2D eigenvalue weighted by Crippen LogP contribution is 2.29. The number of benzene rings is 3. The molecular weight excluding hydrogens is 430 g/mol. The maximum Gasteiger partial charge on any atom is 0.343 e.